The number of amides is 2. The average Bonchev–Trinajstić information content (AvgIpc) is 3.34. The molecule has 0 fully saturated rings. The second-order valence-electron chi connectivity index (χ2n) is 10.7. The van der Waals surface area contributed by atoms with Crippen molar-refractivity contribution < 1.29 is 9.53 Å². The molecule has 0 spiro atoms. The lowest BCUT2D eigenvalue weighted by molar-refractivity contribution is 0.240. The molecule has 3 aromatic rings. The van der Waals surface area contributed by atoms with Crippen LogP contribution in [0.2, 0.25) is 0 Å². The first-order valence-electron chi connectivity index (χ1n) is 13.2. The molecular weight excluding hydrogens is 514 g/mol. The Bertz CT molecular complexity index is 1210. The lowest BCUT2D eigenvalue weighted by atomic mass is 9.76. The fourth-order valence-corrected chi connectivity index (χ4v) is 5.18. The van der Waals surface area contributed by atoms with Gasteiger partial charge < -0.3 is 10.1 Å². The number of nitrogens with one attached hydrogen (secondary N) is 3. The highest BCUT2D eigenvalue weighted by Crippen LogP contribution is 2.38. The van der Waals surface area contributed by atoms with E-state index in [-0.39, 0.29) is 16.9 Å². The van der Waals surface area contributed by atoms with Gasteiger partial charge in [-0.05, 0) is 72.5 Å². The highest BCUT2D eigenvalue weighted by atomic mass is 32.2. The Balaban J connectivity index is 1.43. The molecule has 1 aromatic heterocycles. The molecule has 2 aromatic carbocycles. The predicted molar refractivity (Wildman–Crippen MR) is 159 cm³/mol. The molecule has 38 heavy (non-hydrogen) atoms. The van der Waals surface area contributed by atoms with Crippen LogP contribution in [0.25, 0.3) is 0 Å². The van der Waals surface area contributed by atoms with Crippen molar-refractivity contribution in [3.05, 3.63) is 59.2 Å². The molecule has 2 amide bonds. The number of rotatable bonds is 13. The summed E-state index contributed by atoms with van der Waals surface area (Å²) < 4.78 is 10.5. The molecule has 7 nitrogen and oxygen atoms in total. The smallest absolute Gasteiger partial charge is 0.333 e. The number of anilines is 1. The maximum atomic E-state index is 12.2. The molecule has 0 aliphatic carbocycles. The number of urea groups is 1. The van der Waals surface area contributed by atoms with E-state index >= 15 is 0 Å². The second-order valence-corrected chi connectivity index (χ2v) is 12.5. The van der Waals surface area contributed by atoms with E-state index in [1.54, 1.807) is 0 Å². The fourth-order valence-electron chi connectivity index (χ4n) is 3.70. The summed E-state index contributed by atoms with van der Waals surface area (Å²) in [6.45, 7) is 16.6. The summed E-state index contributed by atoms with van der Waals surface area (Å²) in [5, 5.41) is 4.01. The van der Waals surface area contributed by atoms with Crippen molar-refractivity contribution in [2.45, 2.75) is 88.6 Å². The summed E-state index contributed by atoms with van der Waals surface area (Å²) in [5.74, 6) is 0.925. The van der Waals surface area contributed by atoms with Gasteiger partial charge in [0, 0.05) is 28.5 Å². The number of ether oxygens (including phenoxy) is 1. The van der Waals surface area contributed by atoms with Crippen LogP contribution in [0, 0.1) is 6.92 Å². The Morgan fingerprint density at radius 2 is 1.82 bits per heavy atom. The van der Waals surface area contributed by atoms with Crippen molar-refractivity contribution in [3.8, 4) is 5.75 Å². The van der Waals surface area contributed by atoms with E-state index in [0.717, 1.165) is 23.5 Å². The highest BCUT2D eigenvalue weighted by molar-refractivity contribution is 7.99. The van der Waals surface area contributed by atoms with Crippen LogP contribution >= 0.6 is 23.3 Å². The Kier molecular flexibility index (Phi) is 10.4. The van der Waals surface area contributed by atoms with Gasteiger partial charge in [0.15, 0.2) is 0 Å². The van der Waals surface area contributed by atoms with E-state index in [0.29, 0.717) is 29.9 Å². The van der Waals surface area contributed by atoms with Crippen LogP contribution in [-0.4, -0.2) is 28.5 Å². The van der Waals surface area contributed by atoms with Gasteiger partial charge in [-0.15, -0.1) is 0 Å². The van der Waals surface area contributed by atoms with Gasteiger partial charge in [-0.1, -0.05) is 71.4 Å². The zero-order chi connectivity index (χ0) is 27.8. The topological polar surface area (TPSA) is 88.2 Å². The molecular formula is C29H41N5O2S2. The molecule has 0 atom stereocenters. The molecule has 0 aliphatic heterocycles. The lowest BCUT2D eigenvalue weighted by Crippen LogP contribution is -2.39. The van der Waals surface area contributed by atoms with Gasteiger partial charge in [0.1, 0.15) is 5.75 Å². The second kappa shape index (κ2) is 13.3. The van der Waals surface area contributed by atoms with Crippen LogP contribution in [-0.2, 0) is 10.8 Å². The normalized spacial score (nSPS) is 11.8. The number of carbonyl (C=O) groups excluding carboxylic acids is 1. The first-order valence-corrected chi connectivity index (χ1v) is 14.8. The third-order valence-corrected chi connectivity index (χ3v) is 8.61. The van der Waals surface area contributed by atoms with E-state index in [2.05, 4.69) is 104 Å². The monoisotopic (exact) mass is 555 g/mol. The zero-order valence-electron chi connectivity index (χ0n) is 23.6. The molecule has 0 saturated heterocycles. The Labute approximate surface area is 235 Å². The lowest BCUT2D eigenvalue weighted by Gasteiger charge is -2.30. The molecule has 1 heterocycles. The van der Waals surface area contributed by atoms with Crippen LogP contribution in [0.15, 0.2) is 52.5 Å². The molecule has 0 saturated carbocycles. The molecule has 3 N–H and O–H groups in total. The number of nitrogens with zero attached hydrogens (tertiary/aromatic N) is 2. The van der Waals surface area contributed by atoms with Crippen molar-refractivity contribution in [1.82, 2.24) is 20.1 Å². The van der Waals surface area contributed by atoms with Crippen molar-refractivity contribution in [2.24, 2.45) is 0 Å². The number of aromatic nitrogens is 2. The van der Waals surface area contributed by atoms with Gasteiger partial charge in [0.2, 0.25) is 10.3 Å². The number of hydrazine groups is 1. The third kappa shape index (κ3) is 8.36. The van der Waals surface area contributed by atoms with Crippen molar-refractivity contribution in [1.29, 1.82) is 0 Å². The van der Waals surface area contributed by atoms with Gasteiger partial charge in [0.05, 0.1) is 6.61 Å². The minimum absolute atomic E-state index is 0.0159. The summed E-state index contributed by atoms with van der Waals surface area (Å²) in [5.41, 5.74) is 9.34. The van der Waals surface area contributed by atoms with E-state index in [1.807, 2.05) is 12.1 Å². The fraction of sp³-hybridized carbons (Fsp3) is 0.483. The van der Waals surface area contributed by atoms with E-state index in [9.17, 15) is 4.79 Å². The highest BCUT2D eigenvalue weighted by Gasteiger charge is 2.26. The molecule has 3 rings (SSSR count). The number of carbonyl (C=O) groups is 1. The van der Waals surface area contributed by atoms with E-state index in [4.69, 9.17) is 4.74 Å². The van der Waals surface area contributed by atoms with Crippen LogP contribution in [0.5, 0.6) is 5.75 Å². The van der Waals surface area contributed by atoms with Crippen LogP contribution in [0.4, 0.5) is 9.93 Å². The van der Waals surface area contributed by atoms with Gasteiger partial charge in [0.25, 0.3) is 0 Å². The Morgan fingerprint density at radius 3 is 2.53 bits per heavy atom. The molecule has 0 bridgehead atoms. The standard InChI is InChI=1S/C29H41N5O2S2/c1-8-28(4,5)21-14-15-24(23(19-21)29(6,7)9-2)36-17-11-16-30-25(35)32-33-26-31-27(34-38-26)37-22-13-10-12-20(3)18-22/h10,12-15,18-19H,8-9,11,16-17H2,1-7H3,(H2,30,32,35)(H,31,33,34). The Morgan fingerprint density at radius 1 is 1.05 bits per heavy atom. The number of hydrogen-bond acceptors (Lipinski definition) is 7. The van der Waals surface area contributed by atoms with Crippen molar-refractivity contribution in [3.63, 3.8) is 0 Å². The third-order valence-electron chi connectivity index (χ3n) is 7.01. The maximum Gasteiger partial charge on any atom is 0.333 e. The molecule has 0 radical (unpaired) electrons. The molecule has 9 heteroatoms. The predicted octanol–water partition coefficient (Wildman–Crippen LogP) is 7.47. The SMILES string of the molecule is CCC(C)(C)c1ccc(OCCCNC(=O)NNc2nc(Sc3cccc(C)c3)ns2)c(C(C)(C)CC)c1. The minimum atomic E-state index is -0.327. The van der Waals surface area contributed by atoms with Gasteiger partial charge in [-0.2, -0.15) is 9.36 Å². The van der Waals surface area contributed by atoms with Gasteiger partial charge in [-0.25, -0.2) is 10.2 Å². The summed E-state index contributed by atoms with van der Waals surface area (Å²) in [6.07, 6.45) is 2.79. The van der Waals surface area contributed by atoms with E-state index < -0.39 is 0 Å². The Hall–Kier alpha value is -2.78. The minimum Gasteiger partial charge on any atom is -0.493 e. The first kappa shape index (κ1) is 29.8. The molecule has 206 valence electrons. The summed E-state index contributed by atoms with van der Waals surface area (Å²) in [6, 6.07) is 14.5. The first-order chi connectivity index (χ1) is 18.0. The van der Waals surface area contributed by atoms with Crippen molar-refractivity contribution >= 4 is 34.5 Å². The number of benzene rings is 2. The maximum absolute atomic E-state index is 12.2. The summed E-state index contributed by atoms with van der Waals surface area (Å²) in [4.78, 5) is 17.7. The number of aryl methyl sites for hydroxylation is 1. The summed E-state index contributed by atoms with van der Waals surface area (Å²) >= 11 is 2.68. The zero-order valence-corrected chi connectivity index (χ0v) is 25.2. The number of hydrogen-bond donors (Lipinski definition) is 3. The molecule has 0 unspecified atom stereocenters. The van der Waals surface area contributed by atoms with Crippen LogP contribution in [0.3, 0.4) is 0 Å². The van der Waals surface area contributed by atoms with Gasteiger partial charge >= 0.3 is 6.03 Å². The van der Waals surface area contributed by atoms with Crippen molar-refractivity contribution in [2.75, 3.05) is 18.6 Å². The van der Waals surface area contributed by atoms with Crippen LogP contribution < -0.4 is 20.9 Å². The molecule has 0 aliphatic rings. The quantitative estimate of drug-likeness (QED) is 0.150. The van der Waals surface area contributed by atoms with Crippen LogP contribution in [0.1, 0.15) is 77.5 Å². The summed E-state index contributed by atoms with van der Waals surface area (Å²) in [7, 11) is 0. The van der Waals surface area contributed by atoms with Gasteiger partial charge in [-0.3, -0.25) is 5.43 Å². The van der Waals surface area contributed by atoms with E-state index in [1.165, 1.54) is 40.0 Å². The largest absolute Gasteiger partial charge is 0.493 e. The average molecular weight is 556 g/mol.